The second kappa shape index (κ2) is 9.04. The van der Waals surface area contributed by atoms with E-state index in [9.17, 15) is 0 Å². The van der Waals surface area contributed by atoms with Crippen molar-refractivity contribution in [2.24, 2.45) is 0 Å². The highest BCUT2D eigenvalue weighted by Gasteiger charge is 2.15. The van der Waals surface area contributed by atoms with E-state index in [2.05, 4.69) is 28.3 Å². The number of piperidine rings is 1. The van der Waals surface area contributed by atoms with Gasteiger partial charge in [0, 0.05) is 25.0 Å². The Morgan fingerprint density at radius 2 is 1.95 bits per heavy atom. The van der Waals surface area contributed by atoms with Crippen molar-refractivity contribution in [1.29, 1.82) is 0 Å². The number of carboxylic acids is 2. The van der Waals surface area contributed by atoms with E-state index >= 15 is 0 Å². The average molecular weight is 295 g/mol. The maximum Gasteiger partial charge on any atom is 0.414 e. The molecule has 1 aliphatic rings. The minimum absolute atomic E-state index is 0.682. The first-order valence-corrected chi connectivity index (χ1v) is 6.76. The molecule has 3 N–H and O–H groups in total. The fraction of sp³-hybridized carbons (Fsp3) is 0.500. The van der Waals surface area contributed by atoms with Crippen molar-refractivity contribution >= 4 is 11.9 Å². The minimum Gasteiger partial charge on any atom is -0.473 e. The monoisotopic (exact) mass is 295 g/mol. The first kappa shape index (κ1) is 17.1. The third-order valence-corrected chi connectivity index (χ3v) is 3.22. The molecule has 1 saturated heterocycles. The van der Waals surface area contributed by atoms with Gasteiger partial charge in [0.15, 0.2) is 0 Å². The molecular weight excluding hydrogens is 274 g/mol. The molecule has 1 fully saturated rings. The van der Waals surface area contributed by atoms with E-state index in [0.29, 0.717) is 6.04 Å². The summed E-state index contributed by atoms with van der Waals surface area (Å²) in [6.07, 6.45) is 6.27. The van der Waals surface area contributed by atoms with Gasteiger partial charge in [-0.2, -0.15) is 0 Å². The first-order valence-electron chi connectivity index (χ1n) is 6.76. The lowest BCUT2D eigenvalue weighted by Gasteiger charge is -2.29. The Hall–Kier alpha value is -1.99. The summed E-state index contributed by atoms with van der Waals surface area (Å²) >= 11 is 0. The Kier molecular flexibility index (Phi) is 7.34. The Bertz CT molecular complexity index is 433. The molecule has 7 nitrogen and oxygen atoms in total. The Labute approximate surface area is 123 Å². The van der Waals surface area contributed by atoms with E-state index in [0.717, 1.165) is 6.54 Å². The zero-order chi connectivity index (χ0) is 15.7. The largest absolute Gasteiger partial charge is 0.473 e. The summed E-state index contributed by atoms with van der Waals surface area (Å²) in [5, 5.41) is 18.4. The van der Waals surface area contributed by atoms with Crippen molar-refractivity contribution in [2.45, 2.75) is 25.4 Å². The average Bonchev–Trinajstić information content (AvgIpc) is 2.48. The normalized spacial score (nSPS) is 15.9. The molecule has 0 aromatic carbocycles. The molecule has 116 valence electrons. The van der Waals surface area contributed by atoms with E-state index in [-0.39, 0.29) is 0 Å². The van der Waals surface area contributed by atoms with Crippen LogP contribution >= 0.6 is 0 Å². The molecular formula is C14H21N3O4. The van der Waals surface area contributed by atoms with Gasteiger partial charge < -0.3 is 20.4 Å². The van der Waals surface area contributed by atoms with Gasteiger partial charge in [0.2, 0.25) is 0 Å². The molecule has 0 aliphatic carbocycles. The van der Waals surface area contributed by atoms with Gasteiger partial charge in [0.25, 0.3) is 0 Å². The molecule has 1 aromatic heterocycles. The summed E-state index contributed by atoms with van der Waals surface area (Å²) in [5.74, 6) is -3.65. The molecule has 0 bridgehead atoms. The molecule has 0 saturated carbocycles. The molecule has 0 unspecified atom stereocenters. The van der Waals surface area contributed by atoms with Gasteiger partial charge in [-0.15, -0.1) is 0 Å². The van der Waals surface area contributed by atoms with Crippen molar-refractivity contribution in [1.82, 2.24) is 15.2 Å². The number of hydrogen-bond acceptors (Lipinski definition) is 5. The fourth-order valence-corrected chi connectivity index (χ4v) is 1.98. The molecule has 21 heavy (non-hydrogen) atoms. The molecule has 2 heterocycles. The quantitative estimate of drug-likeness (QED) is 0.694. The van der Waals surface area contributed by atoms with Gasteiger partial charge >= 0.3 is 11.9 Å². The first-order chi connectivity index (χ1) is 9.99. The third-order valence-electron chi connectivity index (χ3n) is 3.22. The molecule has 1 aliphatic heterocycles. The highest BCUT2D eigenvalue weighted by Crippen LogP contribution is 2.08. The SMILES string of the molecule is CN1CCC(NCc2cccnc2)CC1.O=C(O)C(=O)O. The second-order valence-corrected chi connectivity index (χ2v) is 4.93. The van der Waals surface area contributed by atoms with Gasteiger partial charge in [-0.05, 0) is 44.6 Å². The number of aromatic nitrogens is 1. The summed E-state index contributed by atoms with van der Waals surface area (Å²) in [4.78, 5) is 24.7. The van der Waals surface area contributed by atoms with Crippen LogP contribution in [0.4, 0.5) is 0 Å². The van der Waals surface area contributed by atoms with Crippen LogP contribution in [-0.2, 0) is 16.1 Å². The van der Waals surface area contributed by atoms with Crippen molar-refractivity contribution in [3.8, 4) is 0 Å². The van der Waals surface area contributed by atoms with Crippen molar-refractivity contribution in [2.75, 3.05) is 20.1 Å². The second-order valence-electron chi connectivity index (χ2n) is 4.93. The predicted octanol–water partition coefficient (Wildman–Crippen LogP) is 0.421. The molecule has 0 atom stereocenters. The summed E-state index contributed by atoms with van der Waals surface area (Å²) in [6, 6.07) is 4.79. The van der Waals surface area contributed by atoms with Crippen molar-refractivity contribution in [3.05, 3.63) is 30.1 Å². The standard InChI is InChI=1S/C12H19N3.C2H2O4/c1-15-7-4-12(5-8-15)14-10-11-3-2-6-13-9-11;3-1(4)2(5)6/h2-3,6,9,12,14H,4-5,7-8,10H2,1H3;(H,3,4)(H,5,6). The Morgan fingerprint density at radius 3 is 2.43 bits per heavy atom. The third kappa shape index (κ3) is 7.38. The lowest BCUT2D eigenvalue weighted by atomic mass is 10.1. The number of carbonyl (C=O) groups is 2. The lowest BCUT2D eigenvalue weighted by molar-refractivity contribution is -0.159. The van der Waals surface area contributed by atoms with Crippen molar-refractivity contribution in [3.63, 3.8) is 0 Å². The number of nitrogens with zero attached hydrogens (tertiary/aromatic N) is 2. The highest BCUT2D eigenvalue weighted by atomic mass is 16.4. The van der Waals surface area contributed by atoms with E-state index in [1.807, 2.05) is 18.5 Å². The van der Waals surface area contributed by atoms with Crippen LogP contribution in [0.15, 0.2) is 24.5 Å². The van der Waals surface area contributed by atoms with Crippen LogP contribution in [0.2, 0.25) is 0 Å². The van der Waals surface area contributed by atoms with Crippen LogP contribution in [0.3, 0.4) is 0 Å². The van der Waals surface area contributed by atoms with Gasteiger partial charge in [0.1, 0.15) is 0 Å². The molecule has 1 aromatic rings. The summed E-state index contributed by atoms with van der Waals surface area (Å²) in [5.41, 5.74) is 1.27. The number of rotatable bonds is 3. The van der Waals surface area contributed by atoms with E-state index in [1.165, 1.54) is 31.5 Å². The van der Waals surface area contributed by atoms with Gasteiger partial charge in [0.05, 0.1) is 0 Å². The van der Waals surface area contributed by atoms with Crippen LogP contribution in [0, 0.1) is 0 Å². The topological polar surface area (TPSA) is 103 Å². The maximum atomic E-state index is 9.10. The number of likely N-dealkylation sites (tertiary alicyclic amines) is 1. The van der Waals surface area contributed by atoms with E-state index < -0.39 is 11.9 Å². The molecule has 7 heteroatoms. The number of hydrogen-bond donors (Lipinski definition) is 3. The van der Waals surface area contributed by atoms with Crippen molar-refractivity contribution < 1.29 is 19.8 Å². The van der Waals surface area contributed by atoms with Crippen LogP contribution in [-0.4, -0.2) is 58.2 Å². The molecule has 2 rings (SSSR count). The zero-order valence-corrected chi connectivity index (χ0v) is 12.0. The van der Waals surface area contributed by atoms with Gasteiger partial charge in [-0.3, -0.25) is 4.98 Å². The number of nitrogens with one attached hydrogen (secondary N) is 1. The minimum atomic E-state index is -1.82. The summed E-state index contributed by atoms with van der Waals surface area (Å²) in [6.45, 7) is 3.37. The van der Waals surface area contributed by atoms with Gasteiger partial charge in [-0.25, -0.2) is 9.59 Å². The van der Waals surface area contributed by atoms with Crippen LogP contribution < -0.4 is 5.32 Å². The Balaban J connectivity index is 0.000000315. The van der Waals surface area contributed by atoms with Crippen LogP contribution in [0.5, 0.6) is 0 Å². The molecule has 0 spiro atoms. The summed E-state index contributed by atoms with van der Waals surface area (Å²) < 4.78 is 0. The number of aliphatic carboxylic acids is 2. The lowest BCUT2D eigenvalue weighted by Crippen LogP contribution is -2.40. The Morgan fingerprint density at radius 1 is 1.33 bits per heavy atom. The smallest absolute Gasteiger partial charge is 0.414 e. The van der Waals surface area contributed by atoms with E-state index in [4.69, 9.17) is 19.8 Å². The predicted molar refractivity (Wildman–Crippen MR) is 76.9 cm³/mol. The van der Waals surface area contributed by atoms with Gasteiger partial charge in [-0.1, -0.05) is 6.07 Å². The number of carboxylic acid groups (broad SMARTS) is 2. The fourth-order valence-electron chi connectivity index (χ4n) is 1.98. The molecule has 0 radical (unpaired) electrons. The van der Waals surface area contributed by atoms with E-state index in [1.54, 1.807) is 0 Å². The maximum absolute atomic E-state index is 9.10. The molecule has 0 amide bonds. The summed E-state index contributed by atoms with van der Waals surface area (Å²) in [7, 11) is 2.19. The highest BCUT2D eigenvalue weighted by molar-refractivity contribution is 6.27. The van der Waals surface area contributed by atoms with Crippen LogP contribution in [0.1, 0.15) is 18.4 Å². The number of pyridine rings is 1. The zero-order valence-electron chi connectivity index (χ0n) is 12.0. The van der Waals surface area contributed by atoms with Crippen LogP contribution in [0.25, 0.3) is 0 Å².